The van der Waals surface area contributed by atoms with Crippen LogP contribution in [0.5, 0.6) is 5.75 Å². The van der Waals surface area contributed by atoms with Gasteiger partial charge < -0.3 is 9.64 Å². The van der Waals surface area contributed by atoms with Crippen LogP contribution in [0.2, 0.25) is 0 Å². The third kappa shape index (κ3) is 3.11. The first-order valence-corrected chi connectivity index (χ1v) is 9.48. The summed E-state index contributed by atoms with van der Waals surface area (Å²) in [6, 6.07) is 8.68. The Morgan fingerprint density at radius 2 is 1.97 bits per heavy atom. The van der Waals surface area contributed by atoms with Crippen LogP contribution in [0.4, 0.5) is 8.78 Å². The number of nitrogens with zero attached hydrogens (tertiary/aromatic N) is 4. The van der Waals surface area contributed by atoms with Crippen LogP contribution >= 0.6 is 0 Å². The van der Waals surface area contributed by atoms with E-state index in [2.05, 4.69) is 10.1 Å². The van der Waals surface area contributed by atoms with Gasteiger partial charge in [0.15, 0.2) is 0 Å². The highest BCUT2D eigenvalue weighted by molar-refractivity contribution is 5.98. The van der Waals surface area contributed by atoms with Gasteiger partial charge in [-0.1, -0.05) is 0 Å². The van der Waals surface area contributed by atoms with E-state index in [0.29, 0.717) is 22.2 Å². The number of carbonyl (C=O) groups excluding carboxylic acids is 1. The van der Waals surface area contributed by atoms with Gasteiger partial charge in [-0.2, -0.15) is 5.10 Å². The molecule has 0 aliphatic carbocycles. The minimum atomic E-state index is -2.29. The van der Waals surface area contributed by atoms with Gasteiger partial charge in [0.25, 0.3) is 5.91 Å². The molecule has 0 atom stereocenters. The Bertz CT molecular complexity index is 1410. The maximum atomic E-state index is 15.1. The highest BCUT2D eigenvalue weighted by Gasteiger charge is 2.29. The molecule has 0 spiro atoms. The number of fused-ring (bicyclic) bond motifs is 2. The fourth-order valence-electron chi connectivity index (χ4n) is 3.78. The molecule has 0 bridgehead atoms. The molecule has 2 aromatic heterocycles. The van der Waals surface area contributed by atoms with Crippen LogP contribution in [0.1, 0.15) is 24.4 Å². The second kappa shape index (κ2) is 7.16. The van der Waals surface area contributed by atoms with Crippen LogP contribution in [0, 0.1) is 11.6 Å². The molecule has 1 aliphatic rings. The van der Waals surface area contributed by atoms with E-state index in [0.717, 1.165) is 4.90 Å². The van der Waals surface area contributed by atoms with E-state index in [-0.39, 0.29) is 16.8 Å². The number of aromatic nitrogens is 3. The van der Waals surface area contributed by atoms with Crippen LogP contribution in [0.15, 0.2) is 48.8 Å². The summed E-state index contributed by atoms with van der Waals surface area (Å²) in [6.07, 6.45) is 3.11. The van der Waals surface area contributed by atoms with Crippen molar-refractivity contribution in [1.29, 1.82) is 0 Å². The highest BCUT2D eigenvalue weighted by atomic mass is 19.1. The van der Waals surface area contributed by atoms with Crippen LogP contribution in [0.3, 0.4) is 0 Å². The summed E-state index contributed by atoms with van der Waals surface area (Å²) in [5.74, 6) is -1.90. The Kier molecular flexibility index (Phi) is 3.91. The minimum Gasteiger partial charge on any atom is -0.494 e. The first-order valence-electron chi connectivity index (χ1n) is 10.5. The summed E-state index contributed by atoms with van der Waals surface area (Å²) in [6.45, 7) is -2.87. The van der Waals surface area contributed by atoms with Crippen molar-refractivity contribution < 1.29 is 21.1 Å². The van der Waals surface area contributed by atoms with E-state index in [1.165, 1.54) is 37.6 Å². The number of amides is 1. The van der Waals surface area contributed by atoms with Gasteiger partial charge >= 0.3 is 0 Å². The first kappa shape index (κ1) is 16.9. The number of benzene rings is 2. The Morgan fingerprint density at radius 1 is 1.19 bits per heavy atom. The van der Waals surface area contributed by atoms with Gasteiger partial charge in [0.2, 0.25) is 0 Å². The van der Waals surface area contributed by atoms with E-state index in [1.807, 2.05) is 0 Å². The normalized spacial score (nSPS) is 15.7. The number of hydrogen-bond acceptors (Lipinski definition) is 4. The fourth-order valence-corrected chi connectivity index (χ4v) is 3.78. The first-order chi connectivity index (χ1) is 15.7. The number of aryl methyl sites for hydroxylation is 1. The lowest BCUT2D eigenvalue weighted by molar-refractivity contribution is 0.0763. The summed E-state index contributed by atoms with van der Waals surface area (Å²) in [5.41, 5.74) is 1.02. The van der Waals surface area contributed by atoms with Crippen molar-refractivity contribution in [2.75, 3.05) is 7.11 Å². The minimum absolute atomic E-state index is 0.0651. The number of ether oxygens (including phenoxy) is 1. The molecule has 0 saturated carbocycles. The highest BCUT2D eigenvalue weighted by Crippen LogP contribution is 2.35. The van der Waals surface area contributed by atoms with Gasteiger partial charge in [-0.15, -0.1) is 0 Å². The van der Waals surface area contributed by atoms with Crippen molar-refractivity contribution in [3.8, 4) is 16.9 Å². The molecule has 0 fully saturated rings. The Hall–Kier alpha value is -3.81. The molecule has 3 heterocycles. The second-order valence-corrected chi connectivity index (χ2v) is 7.20. The molecule has 8 heteroatoms. The third-order valence-electron chi connectivity index (χ3n) is 5.27. The zero-order chi connectivity index (χ0) is 23.5. The Morgan fingerprint density at radius 3 is 2.68 bits per heavy atom. The number of pyridine rings is 1. The molecule has 2 aromatic carbocycles. The van der Waals surface area contributed by atoms with E-state index < -0.39 is 36.1 Å². The molecular formula is C23H18F2N4O2. The number of hydrogen-bond donors (Lipinski definition) is 0. The summed E-state index contributed by atoms with van der Waals surface area (Å²) >= 11 is 0. The smallest absolute Gasteiger partial charge is 0.256 e. The quantitative estimate of drug-likeness (QED) is 0.497. The third-order valence-corrected chi connectivity index (χ3v) is 5.27. The topological polar surface area (TPSA) is 60.3 Å². The molecule has 0 N–H and O–H groups in total. The lowest BCUT2D eigenvalue weighted by Crippen LogP contribution is -2.24. The zero-order valence-corrected chi connectivity index (χ0v) is 16.7. The molecule has 0 radical (unpaired) electrons. The SMILES string of the molecule is [2H]C1([2H])c2ncccc2C(=O)N1Cc1c(F)cc(-c2ccc(OC)c3nn(C)cc23)cc1F. The van der Waals surface area contributed by atoms with Crippen molar-refractivity contribution in [3.05, 3.63) is 77.2 Å². The Labute approximate surface area is 179 Å². The predicted molar refractivity (Wildman–Crippen MR) is 110 cm³/mol. The van der Waals surface area contributed by atoms with E-state index >= 15 is 8.78 Å². The number of methoxy groups -OCH3 is 1. The van der Waals surface area contributed by atoms with Crippen molar-refractivity contribution in [3.63, 3.8) is 0 Å². The van der Waals surface area contributed by atoms with E-state index in [1.54, 1.807) is 30.1 Å². The van der Waals surface area contributed by atoms with Gasteiger partial charge in [0.05, 0.1) is 34.2 Å². The molecule has 156 valence electrons. The monoisotopic (exact) mass is 422 g/mol. The molecule has 5 rings (SSSR count). The van der Waals surface area contributed by atoms with Crippen LogP contribution in [-0.2, 0) is 20.1 Å². The van der Waals surface area contributed by atoms with Gasteiger partial charge in [-0.3, -0.25) is 14.5 Å². The molecule has 1 amide bonds. The van der Waals surface area contributed by atoms with E-state index in [9.17, 15) is 4.79 Å². The van der Waals surface area contributed by atoms with Crippen molar-refractivity contribution in [2.45, 2.75) is 13.0 Å². The lowest BCUT2D eigenvalue weighted by Gasteiger charge is -2.17. The van der Waals surface area contributed by atoms with Crippen LogP contribution in [-0.4, -0.2) is 32.7 Å². The van der Waals surface area contributed by atoms with Crippen LogP contribution in [0.25, 0.3) is 22.0 Å². The molecule has 4 aromatic rings. The number of rotatable bonds is 4. The number of halogens is 2. The maximum absolute atomic E-state index is 15.1. The molecule has 1 aliphatic heterocycles. The van der Waals surface area contributed by atoms with Crippen molar-refractivity contribution in [1.82, 2.24) is 19.7 Å². The van der Waals surface area contributed by atoms with Gasteiger partial charge in [0, 0.05) is 30.4 Å². The second-order valence-electron chi connectivity index (χ2n) is 7.20. The largest absolute Gasteiger partial charge is 0.494 e. The van der Waals surface area contributed by atoms with Crippen LogP contribution < -0.4 is 4.74 Å². The summed E-state index contributed by atoms with van der Waals surface area (Å²) in [4.78, 5) is 17.5. The fraction of sp³-hybridized carbons (Fsp3) is 0.174. The Balaban J connectivity index is 1.55. The van der Waals surface area contributed by atoms with E-state index in [4.69, 9.17) is 7.48 Å². The van der Waals surface area contributed by atoms with Crippen molar-refractivity contribution in [2.24, 2.45) is 7.05 Å². The standard InChI is InChI=1S/C23H18F2N4O2/c1-28-10-16-14(5-6-21(31-2)22(16)27-28)13-8-18(24)17(19(25)9-13)11-29-12-20-15(23(29)30)4-3-7-26-20/h3-10H,11-12H2,1-2H3/i12D2. The summed E-state index contributed by atoms with van der Waals surface area (Å²) in [5, 5.41) is 5.02. The van der Waals surface area contributed by atoms with Gasteiger partial charge in [-0.05, 0) is 47.5 Å². The summed E-state index contributed by atoms with van der Waals surface area (Å²) < 4.78 is 53.8. The van der Waals surface area contributed by atoms with Gasteiger partial charge in [0.1, 0.15) is 22.9 Å². The molecule has 31 heavy (non-hydrogen) atoms. The average molecular weight is 422 g/mol. The summed E-state index contributed by atoms with van der Waals surface area (Å²) in [7, 11) is 3.25. The van der Waals surface area contributed by atoms with Gasteiger partial charge in [-0.25, -0.2) is 8.78 Å². The van der Waals surface area contributed by atoms with Crippen molar-refractivity contribution >= 4 is 16.8 Å². The molecule has 6 nitrogen and oxygen atoms in total. The lowest BCUT2D eigenvalue weighted by atomic mass is 9.99. The predicted octanol–water partition coefficient (Wildman–Crippen LogP) is 4.08. The molecular weight excluding hydrogens is 402 g/mol. The maximum Gasteiger partial charge on any atom is 0.256 e. The molecule has 0 saturated heterocycles. The average Bonchev–Trinajstić information content (AvgIpc) is 3.26. The molecule has 0 unspecified atom stereocenters. The number of carbonyl (C=O) groups is 1. The zero-order valence-electron chi connectivity index (χ0n) is 18.7.